The number of para-hydroxylation sites is 1. The van der Waals surface area contributed by atoms with Crippen LogP contribution in [0, 0.1) is 0 Å². The Labute approximate surface area is 213 Å². The lowest BCUT2D eigenvalue weighted by Gasteiger charge is -2.35. The van der Waals surface area contributed by atoms with Gasteiger partial charge >= 0.3 is 6.09 Å². The first-order valence-corrected chi connectivity index (χ1v) is 12.6. The van der Waals surface area contributed by atoms with Crippen molar-refractivity contribution in [2.45, 2.75) is 45.1 Å². The van der Waals surface area contributed by atoms with Crippen molar-refractivity contribution >= 4 is 23.4 Å². The topological polar surface area (TPSA) is 74.8 Å². The number of likely N-dealkylation sites (tertiary alicyclic amines) is 1. The number of benzene rings is 2. The number of pyridine rings is 1. The first kappa shape index (κ1) is 25.4. The average molecular weight is 487 g/mol. The zero-order valence-electron chi connectivity index (χ0n) is 21.0. The Hall–Kier alpha value is -3.71. The largest absolute Gasteiger partial charge is 0.420 e. The number of carbonyl (C=O) groups excluding carboxylic acids is 2. The van der Waals surface area contributed by atoms with Crippen LogP contribution in [0.15, 0.2) is 72.9 Å². The Morgan fingerprint density at radius 2 is 1.83 bits per heavy atom. The van der Waals surface area contributed by atoms with Gasteiger partial charge in [0.25, 0.3) is 5.91 Å². The highest BCUT2D eigenvalue weighted by Gasteiger charge is 2.20. The summed E-state index contributed by atoms with van der Waals surface area (Å²) >= 11 is 0. The number of anilines is 2. The molecule has 0 spiro atoms. The van der Waals surface area contributed by atoms with Gasteiger partial charge in [-0.05, 0) is 68.1 Å². The van der Waals surface area contributed by atoms with E-state index in [2.05, 4.69) is 22.1 Å². The second-order valence-corrected chi connectivity index (χ2v) is 9.14. The van der Waals surface area contributed by atoms with E-state index in [1.807, 2.05) is 54.6 Å². The summed E-state index contributed by atoms with van der Waals surface area (Å²) in [6, 6.07) is 20.9. The molecule has 1 N–H and O–H groups in total. The van der Waals surface area contributed by atoms with Gasteiger partial charge in [-0.1, -0.05) is 43.7 Å². The van der Waals surface area contributed by atoms with Crippen molar-refractivity contribution in [3.8, 4) is 5.88 Å². The Morgan fingerprint density at radius 1 is 1.06 bits per heavy atom. The summed E-state index contributed by atoms with van der Waals surface area (Å²) in [6.07, 6.45) is 7.06. The van der Waals surface area contributed by atoms with Gasteiger partial charge in [0, 0.05) is 37.0 Å². The van der Waals surface area contributed by atoms with Gasteiger partial charge in [0.2, 0.25) is 5.88 Å². The van der Waals surface area contributed by atoms with Gasteiger partial charge in [-0.15, -0.1) is 0 Å². The lowest BCUT2D eigenvalue weighted by molar-refractivity contribution is 0.102. The molecule has 7 nitrogen and oxygen atoms in total. The number of nitrogens with zero attached hydrogens (tertiary/aromatic N) is 3. The number of hydrogen-bond acceptors (Lipinski definition) is 5. The number of ether oxygens (including phenoxy) is 1. The zero-order valence-corrected chi connectivity index (χ0v) is 21.0. The second-order valence-electron chi connectivity index (χ2n) is 9.14. The summed E-state index contributed by atoms with van der Waals surface area (Å²) in [5.41, 5.74) is 3.06. The quantitative estimate of drug-likeness (QED) is 0.437. The van der Waals surface area contributed by atoms with E-state index in [9.17, 15) is 9.59 Å². The van der Waals surface area contributed by atoms with E-state index in [1.165, 1.54) is 48.9 Å². The van der Waals surface area contributed by atoms with Crippen LogP contribution in [0.2, 0.25) is 0 Å². The summed E-state index contributed by atoms with van der Waals surface area (Å²) < 4.78 is 5.33. The first-order valence-electron chi connectivity index (χ1n) is 12.6. The Bertz CT molecular complexity index is 1130. The molecule has 36 heavy (non-hydrogen) atoms. The predicted molar refractivity (Wildman–Crippen MR) is 143 cm³/mol. The van der Waals surface area contributed by atoms with Crippen molar-refractivity contribution in [1.29, 1.82) is 0 Å². The highest BCUT2D eigenvalue weighted by atomic mass is 16.6. The van der Waals surface area contributed by atoms with Crippen LogP contribution in [0.1, 0.15) is 48.5 Å². The molecule has 1 saturated heterocycles. The van der Waals surface area contributed by atoms with Crippen molar-refractivity contribution < 1.29 is 14.3 Å². The van der Waals surface area contributed by atoms with Crippen LogP contribution < -0.4 is 15.0 Å². The molecule has 1 aliphatic heterocycles. The number of carbonyl (C=O) groups is 2. The number of nitrogens with one attached hydrogen (secondary N) is 1. The van der Waals surface area contributed by atoms with E-state index in [4.69, 9.17) is 4.74 Å². The predicted octanol–water partition coefficient (Wildman–Crippen LogP) is 5.78. The minimum Gasteiger partial charge on any atom is -0.391 e. The third-order valence-corrected chi connectivity index (χ3v) is 6.73. The van der Waals surface area contributed by atoms with Crippen molar-refractivity contribution in [3.63, 3.8) is 0 Å². The minimum atomic E-state index is -0.545. The van der Waals surface area contributed by atoms with Gasteiger partial charge in [0.15, 0.2) is 0 Å². The molecule has 0 radical (unpaired) electrons. The van der Waals surface area contributed by atoms with Crippen molar-refractivity contribution in [2.24, 2.45) is 0 Å². The Kier molecular flexibility index (Phi) is 8.68. The van der Waals surface area contributed by atoms with E-state index >= 15 is 0 Å². The van der Waals surface area contributed by atoms with Gasteiger partial charge in [0.05, 0.1) is 11.9 Å². The molecule has 0 aliphatic carbocycles. The number of aromatic nitrogens is 1. The van der Waals surface area contributed by atoms with Crippen molar-refractivity contribution in [1.82, 2.24) is 9.88 Å². The fourth-order valence-electron chi connectivity index (χ4n) is 4.55. The third-order valence-electron chi connectivity index (χ3n) is 6.73. The monoisotopic (exact) mass is 486 g/mol. The average Bonchev–Trinajstić information content (AvgIpc) is 2.93. The summed E-state index contributed by atoms with van der Waals surface area (Å²) in [5, 5.41) is 2.84. The first-order chi connectivity index (χ1) is 17.5. The van der Waals surface area contributed by atoms with Gasteiger partial charge in [-0.25, -0.2) is 9.78 Å². The van der Waals surface area contributed by atoms with Crippen LogP contribution in [0.4, 0.5) is 16.2 Å². The maximum absolute atomic E-state index is 12.7. The molecule has 1 aromatic heterocycles. The lowest BCUT2D eigenvalue weighted by atomic mass is 9.99. The maximum atomic E-state index is 12.7. The molecular formula is C29H34N4O3. The van der Waals surface area contributed by atoms with Gasteiger partial charge in [0.1, 0.15) is 0 Å². The molecule has 0 saturated carbocycles. The molecule has 2 amide bonds. The zero-order chi connectivity index (χ0) is 25.3. The fraction of sp³-hybridized carbons (Fsp3) is 0.345. The number of rotatable bonds is 8. The number of hydrogen-bond donors (Lipinski definition) is 1. The SMILES string of the molecule is CCC1CCCCN1CCc1ccc(C(=O)Nc2ccc(OC(=O)N(C)c3ccccc3)nc2)cc1. The van der Waals surface area contributed by atoms with Crippen LogP contribution in [0.25, 0.3) is 0 Å². The summed E-state index contributed by atoms with van der Waals surface area (Å²) in [7, 11) is 1.63. The van der Waals surface area contributed by atoms with E-state index in [0.717, 1.165) is 13.0 Å². The molecule has 3 aromatic rings. The minimum absolute atomic E-state index is 0.157. The highest BCUT2D eigenvalue weighted by molar-refractivity contribution is 6.04. The van der Waals surface area contributed by atoms with E-state index in [0.29, 0.717) is 23.0 Å². The Balaban J connectivity index is 1.27. The molecule has 188 valence electrons. The van der Waals surface area contributed by atoms with Crippen LogP contribution >= 0.6 is 0 Å². The second kappa shape index (κ2) is 12.3. The number of piperidine rings is 1. The molecule has 0 bridgehead atoms. The smallest absolute Gasteiger partial charge is 0.391 e. The van der Waals surface area contributed by atoms with Gasteiger partial charge < -0.3 is 15.0 Å². The van der Waals surface area contributed by atoms with E-state index < -0.39 is 6.09 Å². The van der Waals surface area contributed by atoms with Gasteiger partial charge in [-0.2, -0.15) is 0 Å². The molecule has 1 atom stereocenters. The van der Waals surface area contributed by atoms with Crippen LogP contribution in [0.3, 0.4) is 0 Å². The molecule has 2 heterocycles. The summed E-state index contributed by atoms with van der Waals surface area (Å²) in [4.78, 5) is 33.2. The standard InChI is InChI=1S/C29H34N4O3/c1-3-25-9-7-8-19-33(25)20-18-22-12-14-23(15-13-22)28(34)31-24-16-17-27(30-21-24)36-29(35)32(2)26-10-5-4-6-11-26/h4-6,10-17,21,25H,3,7-9,18-20H2,1-2H3,(H,31,34). The van der Waals surface area contributed by atoms with E-state index in [1.54, 1.807) is 19.2 Å². The molecule has 1 aliphatic rings. The van der Waals surface area contributed by atoms with E-state index in [-0.39, 0.29) is 11.8 Å². The normalized spacial score (nSPS) is 15.8. The molecule has 1 fully saturated rings. The number of amides is 2. The van der Waals surface area contributed by atoms with Gasteiger partial charge in [-0.3, -0.25) is 9.69 Å². The van der Waals surface area contributed by atoms with Crippen LogP contribution in [-0.2, 0) is 6.42 Å². The fourth-order valence-corrected chi connectivity index (χ4v) is 4.55. The summed E-state index contributed by atoms with van der Waals surface area (Å²) in [6.45, 7) is 4.53. The maximum Gasteiger partial charge on any atom is 0.420 e. The van der Waals surface area contributed by atoms with Crippen molar-refractivity contribution in [2.75, 3.05) is 30.4 Å². The molecule has 1 unspecified atom stereocenters. The Morgan fingerprint density at radius 3 is 2.53 bits per heavy atom. The van der Waals surface area contributed by atoms with Crippen molar-refractivity contribution in [3.05, 3.63) is 84.1 Å². The lowest BCUT2D eigenvalue weighted by Crippen LogP contribution is -2.40. The molecule has 4 rings (SSSR count). The van der Waals surface area contributed by atoms with Crippen LogP contribution in [-0.4, -0.2) is 48.1 Å². The summed E-state index contributed by atoms with van der Waals surface area (Å²) in [5.74, 6) is -0.0527. The molecular weight excluding hydrogens is 452 g/mol. The highest BCUT2D eigenvalue weighted by Crippen LogP contribution is 2.20. The molecule has 2 aromatic carbocycles. The van der Waals surface area contributed by atoms with Crippen LogP contribution in [0.5, 0.6) is 5.88 Å². The third kappa shape index (κ3) is 6.70. The molecule has 7 heteroatoms.